The fraction of sp³-hybridized carbons (Fsp3) is 0.833. The van der Waals surface area contributed by atoms with Crippen LogP contribution >= 0.6 is 14.5 Å². The second-order valence-corrected chi connectivity index (χ2v) is 53.7. The highest BCUT2D eigenvalue weighted by Crippen LogP contribution is 2.80. The van der Waals surface area contributed by atoms with Gasteiger partial charge in [0.15, 0.2) is 11.6 Å². The van der Waals surface area contributed by atoms with Crippen LogP contribution in [-0.2, 0) is 12.4 Å². The quantitative estimate of drug-likeness (QED) is 0.0185. The molecule has 14 heteroatoms. The van der Waals surface area contributed by atoms with Crippen LogP contribution < -0.4 is 14.7 Å². The van der Waals surface area contributed by atoms with Crippen molar-refractivity contribution in [3.05, 3.63) is 101 Å². The summed E-state index contributed by atoms with van der Waals surface area (Å²) in [5.74, 6) is 5.68. The molecule has 3 aromatic carbocycles. The lowest BCUT2D eigenvalue weighted by atomic mass is 9.84. The van der Waals surface area contributed by atoms with Gasteiger partial charge in [0.2, 0.25) is 0 Å². The Balaban J connectivity index is 0.000000308. The van der Waals surface area contributed by atoms with Gasteiger partial charge in [0, 0.05) is 25.7 Å². The summed E-state index contributed by atoms with van der Waals surface area (Å²) in [5, 5.41) is 20.2. The number of Topliss-reactive ketones (excluding diaryl/α,β-unsaturated/α-hetero) is 2. The monoisotopic (exact) mass is 1910 g/mol. The van der Waals surface area contributed by atoms with Gasteiger partial charge in [-0.15, -0.1) is 0 Å². The van der Waals surface area contributed by atoms with Gasteiger partial charge in [-0.25, -0.2) is 0 Å². The third-order valence-corrected chi connectivity index (χ3v) is 47.5. The molecule has 134 heavy (non-hydrogen) atoms. The van der Waals surface area contributed by atoms with Crippen molar-refractivity contribution in [1.82, 2.24) is 0 Å². The fourth-order valence-corrected chi connectivity index (χ4v) is 40.5. The zero-order valence-corrected chi connectivity index (χ0v) is 89.1. The number of hydrogen-bond acceptors (Lipinski definition) is 5. The zero-order chi connectivity index (χ0) is 96.0. The van der Waals surface area contributed by atoms with Crippen LogP contribution in [0, 0.1) is 35.5 Å². The van der Waals surface area contributed by atoms with Gasteiger partial charge in [-0.2, -0.15) is 26.3 Å². The molecule has 0 spiro atoms. The minimum Gasteiger partial charge on any atom is -0.860 e. The highest BCUT2D eigenvalue weighted by atomic mass is 31.2. The molecule has 0 aliphatic heterocycles. The molecule has 0 heterocycles. The topological polar surface area (TPSA) is 89.5 Å². The van der Waals surface area contributed by atoms with Crippen LogP contribution in [0.5, 0.6) is 5.75 Å². The summed E-state index contributed by atoms with van der Waals surface area (Å²) in [5.41, 5.74) is 3.87. The number of benzene rings is 3. The summed E-state index contributed by atoms with van der Waals surface area (Å²) < 4.78 is 77.5. The van der Waals surface area contributed by atoms with Crippen LogP contribution in [0.2, 0.25) is 0 Å². The van der Waals surface area contributed by atoms with E-state index in [9.17, 15) is 46.0 Å². The average Bonchev–Trinajstić information content (AvgIpc) is 0.749. The van der Waals surface area contributed by atoms with Gasteiger partial charge in [0.05, 0.1) is 50.8 Å². The summed E-state index contributed by atoms with van der Waals surface area (Å²) in [4.78, 5) is 29.3. The molecule has 5 nitrogen and oxygen atoms in total. The van der Waals surface area contributed by atoms with Gasteiger partial charge >= 0.3 is 12.4 Å². The van der Waals surface area contributed by atoms with Crippen molar-refractivity contribution in [3.63, 3.8) is 0 Å². The minimum absolute atomic E-state index is 0.141. The maximum absolute atomic E-state index is 14.7. The first-order valence-corrected chi connectivity index (χ1v) is 62.7. The molecular weight excluding hydrogens is 1710 g/mol. The molecule has 9 rings (SSSR count). The summed E-state index contributed by atoms with van der Waals surface area (Å²) in [6.45, 7) is 14.0. The molecule has 0 unspecified atom stereocenters. The lowest BCUT2D eigenvalue weighted by Crippen LogP contribution is -2.50. The summed E-state index contributed by atoms with van der Waals surface area (Å²) >= 11 is 0. The Hall–Kier alpha value is -2.78. The van der Waals surface area contributed by atoms with Crippen molar-refractivity contribution >= 4 is 33.4 Å². The second kappa shape index (κ2) is 70.8. The van der Waals surface area contributed by atoms with Gasteiger partial charge in [0.25, 0.3) is 0 Å². The van der Waals surface area contributed by atoms with Crippen molar-refractivity contribution in [2.45, 2.75) is 589 Å². The molecule has 6 aliphatic carbocycles. The Labute approximate surface area is 822 Å². The third-order valence-electron chi connectivity index (χ3n) is 34.6. The zero-order valence-electron chi connectivity index (χ0n) is 87.3. The standard InChI is InChI=1S/2C56H100OP.C8H3BF6O3/c2*1-4-7-10-13-16-19-22-26-31-49-36-42-53(43-37-49)58(48-56(57)52-34-29-25-30-35-52,54-44-38-50(39-45-54)32-27-23-20-17-14-11-8-5-2)55-46-40-51(41-47-55)33-28-24-21-18-15-12-9-6-3;10-7(11,12)4-1-5(8(13,14)15)3-6(2-4)18-9(16)17/h2*25,29-30,34-35,49-51,53-55H,4-24,26-28,31-33,36-48H2,1-3H3;1-3H/q2*+1;-2. The first-order chi connectivity index (χ1) is 65.2. The third kappa shape index (κ3) is 45.9. The molecule has 0 radical (unpaired) electrons. The van der Waals surface area contributed by atoms with Crippen molar-refractivity contribution in [2.24, 2.45) is 35.5 Å². The normalized spacial score (nSPS) is 23.4. The maximum Gasteiger partial charge on any atom is 0.416 e. The Kier molecular flexibility index (Phi) is 62.5. The molecule has 0 bridgehead atoms. The van der Waals surface area contributed by atoms with E-state index < -0.39 is 51.1 Å². The van der Waals surface area contributed by atoms with Crippen LogP contribution in [-0.4, -0.2) is 65.2 Å². The van der Waals surface area contributed by atoms with Crippen LogP contribution in [0.15, 0.2) is 78.9 Å². The van der Waals surface area contributed by atoms with Crippen LogP contribution in [0.3, 0.4) is 0 Å². The molecule has 6 saturated carbocycles. The van der Waals surface area contributed by atoms with E-state index in [0.29, 0.717) is 11.6 Å². The van der Waals surface area contributed by atoms with E-state index in [4.69, 9.17) is 0 Å². The molecule has 6 aliphatic rings. The Morgan fingerprint density at radius 2 is 0.440 bits per heavy atom. The minimum atomic E-state index is -5.05. The van der Waals surface area contributed by atoms with Crippen molar-refractivity contribution < 1.29 is 50.6 Å². The van der Waals surface area contributed by atoms with Crippen molar-refractivity contribution in [2.75, 3.05) is 12.3 Å². The van der Waals surface area contributed by atoms with Gasteiger partial charge in [-0.3, -0.25) is 9.59 Å². The van der Waals surface area contributed by atoms with Gasteiger partial charge in [0.1, 0.15) is 19.6 Å². The molecule has 6 fully saturated rings. The molecule has 0 aromatic heterocycles. The fourth-order valence-electron chi connectivity index (χ4n) is 26.5. The number of ketones is 2. The van der Waals surface area contributed by atoms with E-state index in [1.165, 1.54) is 501 Å². The lowest BCUT2D eigenvalue weighted by molar-refractivity contribution is -0.372. The first-order valence-electron chi connectivity index (χ1n) is 58.4. The Morgan fingerprint density at radius 1 is 0.269 bits per heavy atom. The van der Waals surface area contributed by atoms with Crippen molar-refractivity contribution in [3.8, 4) is 5.75 Å². The van der Waals surface area contributed by atoms with E-state index >= 15 is 0 Å². The van der Waals surface area contributed by atoms with Gasteiger partial charge in [-0.1, -0.05) is 449 Å². The lowest BCUT2D eigenvalue weighted by Gasteiger charge is -2.50. The largest absolute Gasteiger partial charge is 0.860 e. The predicted octanol–water partition coefficient (Wildman–Crippen LogP) is 39.1. The highest BCUT2D eigenvalue weighted by molar-refractivity contribution is 7.79. The number of carbonyl (C=O) groups is 2. The van der Waals surface area contributed by atoms with Crippen LogP contribution in [0.25, 0.3) is 0 Å². The summed E-state index contributed by atoms with van der Waals surface area (Å²) in [6, 6.07) is 21.5. The van der Waals surface area contributed by atoms with Gasteiger partial charge in [-0.05, 0) is 208 Å². The summed E-state index contributed by atoms with van der Waals surface area (Å²) in [6.07, 6.45) is 105. The number of unbranched alkanes of at least 4 members (excludes halogenated alkanes) is 42. The van der Waals surface area contributed by atoms with Crippen LogP contribution in [0.1, 0.15) is 574 Å². The molecule has 768 valence electrons. The van der Waals surface area contributed by atoms with E-state index in [-0.39, 0.29) is 18.2 Å². The van der Waals surface area contributed by atoms with E-state index in [0.717, 1.165) is 92.9 Å². The molecular formula is C120H203BF6O5P2. The molecule has 0 atom stereocenters. The highest BCUT2D eigenvalue weighted by Gasteiger charge is 2.61. The van der Waals surface area contributed by atoms with Crippen LogP contribution in [0.4, 0.5) is 26.3 Å². The Morgan fingerprint density at radius 3 is 0.604 bits per heavy atom. The maximum atomic E-state index is 14.7. The van der Waals surface area contributed by atoms with E-state index in [1.54, 1.807) is 0 Å². The summed E-state index contributed by atoms with van der Waals surface area (Å²) in [7, 11) is -6.07. The second-order valence-electron chi connectivity index (χ2n) is 44.7. The number of carbonyl (C=O) groups excluding carboxylic acids is 2. The van der Waals surface area contributed by atoms with Crippen molar-refractivity contribution in [1.29, 1.82) is 0 Å². The smallest absolute Gasteiger partial charge is 0.416 e. The predicted molar refractivity (Wildman–Crippen MR) is 566 cm³/mol. The van der Waals surface area contributed by atoms with Gasteiger partial charge < -0.3 is 14.7 Å². The van der Waals surface area contributed by atoms with E-state index in [2.05, 4.69) is 107 Å². The number of rotatable bonds is 68. The SMILES string of the molecule is CCCCCCCCCCC1CCC([P+](CC(=O)c2ccccc2)(C2CCC(CCCCCCCCCC)CC2)C2CCC(CCCCCCCCCC)CC2)CC1.CCCCCCCCCCC1CCC([P+](CC(=O)c2ccccc2)(C2CCC(CCCCCCCCCC)CC2)C2CCC(CCCCCCCCCC)CC2)CC1.[O-]B([O-])Oc1cc(C(F)(F)F)cc(C(F)(F)F)c1. The number of alkyl halides is 6. The molecule has 0 N–H and O–H groups in total. The first kappa shape index (κ1) is 118. The Bertz CT molecular complexity index is 2920. The molecule has 0 saturated heterocycles. The number of hydrogen-bond donors (Lipinski definition) is 0. The number of halogens is 6. The molecule has 3 aromatic rings. The molecule has 0 amide bonds. The van der Waals surface area contributed by atoms with E-state index in [1.807, 2.05) is 0 Å². The average molecular weight is 1910 g/mol.